The van der Waals surface area contributed by atoms with Crippen LogP contribution < -0.4 is 5.32 Å². The van der Waals surface area contributed by atoms with Gasteiger partial charge in [-0.25, -0.2) is 0 Å². The van der Waals surface area contributed by atoms with Gasteiger partial charge in [0.05, 0.1) is 6.61 Å². The Bertz CT molecular complexity index is 347. The number of nitrogens with one attached hydrogen (secondary N) is 1. The molecule has 0 radical (unpaired) electrons. The van der Waals surface area contributed by atoms with E-state index in [9.17, 15) is 4.79 Å². The Hall–Kier alpha value is -1.35. The van der Waals surface area contributed by atoms with Gasteiger partial charge in [0.2, 0.25) is 5.91 Å². The lowest BCUT2D eigenvalue weighted by Crippen LogP contribution is -2.18. The van der Waals surface area contributed by atoms with Crippen molar-refractivity contribution in [2.24, 2.45) is 0 Å². The van der Waals surface area contributed by atoms with Crippen molar-refractivity contribution >= 4 is 11.6 Å². The molecule has 1 amide bonds. The Morgan fingerprint density at radius 3 is 3.00 bits per heavy atom. The largest absolute Gasteiger partial charge is 0.392 e. The minimum atomic E-state index is 0.0568. The van der Waals surface area contributed by atoms with Gasteiger partial charge in [-0.2, -0.15) is 0 Å². The van der Waals surface area contributed by atoms with Crippen molar-refractivity contribution in [1.29, 1.82) is 0 Å². The van der Waals surface area contributed by atoms with E-state index in [-0.39, 0.29) is 12.5 Å². The van der Waals surface area contributed by atoms with Gasteiger partial charge in [0.15, 0.2) is 0 Å². The third kappa shape index (κ3) is 1.55. The number of rotatable bonds is 1. The molecule has 3 nitrogen and oxygen atoms in total. The maximum Gasteiger partial charge on any atom is 0.224 e. The lowest BCUT2D eigenvalue weighted by Gasteiger charge is -2.16. The van der Waals surface area contributed by atoms with Crippen LogP contribution in [0.3, 0.4) is 0 Å². The number of aryl methyl sites for hydroxylation is 1. The molecule has 0 saturated heterocycles. The summed E-state index contributed by atoms with van der Waals surface area (Å²) in [7, 11) is 0. The minimum absolute atomic E-state index is 0.0568. The third-order valence-electron chi connectivity index (χ3n) is 2.25. The van der Waals surface area contributed by atoms with E-state index in [2.05, 4.69) is 5.32 Å². The molecule has 2 N–H and O–H groups in total. The van der Waals surface area contributed by atoms with Crippen LogP contribution in [0, 0.1) is 0 Å². The number of fused-ring (bicyclic) bond motifs is 1. The number of amides is 1. The van der Waals surface area contributed by atoms with Crippen LogP contribution in [-0.2, 0) is 17.8 Å². The van der Waals surface area contributed by atoms with E-state index in [1.54, 1.807) is 0 Å². The van der Waals surface area contributed by atoms with Gasteiger partial charge >= 0.3 is 0 Å². The molecule has 1 heterocycles. The summed E-state index contributed by atoms with van der Waals surface area (Å²) in [5.41, 5.74) is 2.90. The number of aliphatic hydroxyl groups is 1. The average molecular weight is 177 g/mol. The van der Waals surface area contributed by atoms with Gasteiger partial charge in [0, 0.05) is 12.1 Å². The second-order valence-corrected chi connectivity index (χ2v) is 3.20. The smallest absolute Gasteiger partial charge is 0.224 e. The summed E-state index contributed by atoms with van der Waals surface area (Å²) >= 11 is 0. The van der Waals surface area contributed by atoms with E-state index in [1.807, 2.05) is 18.2 Å². The van der Waals surface area contributed by atoms with E-state index in [0.29, 0.717) is 6.42 Å². The van der Waals surface area contributed by atoms with Crippen LogP contribution in [0.2, 0.25) is 0 Å². The molecule has 1 aromatic carbocycles. The number of carbonyl (C=O) groups is 1. The SMILES string of the molecule is O=C1CCc2cc(CO)ccc2N1. The quantitative estimate of drug-likeness (QED) is 0.674. The standard InChI is InChI=1S/C10H11NO2/c12-6-7-1-3-9-8(5-7)2-4-10(13)11-9/h1,3,5,12H,2,4,6H2,(H,11,13). The second-order valence-electron chi connectivity index (χ2n) is 3.20. The van der Waals surface area contributed by atoms with Gasteiger partial charge in [0.1, 0.15) is 0 Å². The van der Waals surface area contributed by atoms with Crippen LogP contribution >= 0.6 is 0 Å². The van der Waals surface area contributed by atoms with E-state index in [4.69, 9.17) is 5.11 Å². The maximum atomic E-state index is 11.0. The van der Waals surface area contributed by atoms with Gasteiger partial charge < -0.3 is 10.4 Å². The highest BCUT2D eigenvalue weighted by Gasteiger charge is 2.14. The summed E-state index contributed by atoms with van der Waals surface area (Å²) in [5, 5.41) is 11.7. The Morgan fingerprint density at radius 1 is 1.38 bits per heavy atom. The van der Waals surface area contributed by atoms with Gasteiger partial charge in [-0.3, -0.25) is 4.79 Å². The fourth-order valence-corrected chi connectivity index (χ4v) is 1.54. The lowest BCUT2D eigenvalue weighted by molar-refractivity contribution is -0.116. The Kier molecular flexibility index (Phi) is 2.02. The van der Waals surface area contributed by atoms with E-state index >= 15 is 0 Å². The Balaban J connectivity index is 2.36. The first-order valence-electron chi connectivity index (χ1n) is 4.32. The monoisotopic (exact) mass is 177 g/mol. The molecule has 0 bridgehead atoms. The second kappa shape index (κ2) is 3.18. The number of aliphatic hydroxyl groups excluding tert-OH is 1. The minimum Gasteiger partial charge on any atom is -0.392 e. The predicted molar refractivity (Wildman–Crippen MR) is 49.3 cm³/mol. The fraction of sp³-hybridized carbons (Fsp3) is 0.300. The van der Waals surface area contributed by atoms with Crippen LogP contribution in [0.5, 0.6) is 0 Å². The van der Waals surface area contributed by atoms with Crippen molar-refractivity contribution in [2.75, 3.05) is 5.32 Å². The van der Waals surface area contributed by atoms with Crippen molar-refractivity contribution in [3.63, 3.8) is 0 Å². The number of hydrogen-bond acceptors (Lipinski definition) is 2. The fourth-order valence-electron chi connectivity index (χ4n) is 1.54. The topological polar surface area (TPSA) is 49.3 Å². The zero-order valence-electron chi connectivity index (χ0n) is 7.21. The molecular formula is C10H11NO2. The van der Waals surface area contributed by atoms with Crippen molar-refractivity contribution in [1.82, 2.24) is 0 Å². The van der Waals surface area contributed by atoms with E-state index in [1.165, 1.54) is 0 Å². The van der Waals surface area contributed by atoms with Crippen molar-refractivity contribution in [3.05, 3.63) is 29.3 Å². The molecule has 0 fully saturated rings. The van der Waals surface area contributed by atoms with Gasteiger partial charge in [-0.15, -0.1) is 0 Å². The van der Waals surface area contributed by atoms with Crippen LogP contribution in [0.4, 0.5) is 5.69 Å². The van der Waals surface area contributed by atoms with Crippen LogP contribution in [-0.4, -0.2) is 11.0 Å². The first-order chi connectivity index (χ1) is 6.29. The predicted octanol–water partition coefficient (Wildman–Crippen LogP) is 1.06. The van der Waals surface area contributed by atoms with E-state index in [0.717, 1.165) is 23.2 Å². The summed E-state index contributed by atoms with van der Waals surface area (Å²) in [6, 6.07) is 5.61. The van der Waals surface area contributed by atoms with Crippen molar-refractivity contribution in [3.8, 4) is 0 Å². The highest BCUT2D eigenvalue weighted by molar-refractivity contribution is 5.93. The molecule has 1 aliphatic rings. The third-order valence-corrected chi connectivity index (χ3v) is 2.25. The van der Waals surface area contributed by atoms with Gasteiger partial charge in [-0.05, 0) is 23.6 Å². The van der Waals surface area contributed by atoms with Gasteiger partial charge in [0.25, 0.3) is 0 Å². The summed E-state index contributed by atoms with van der Waals surface area (Å²) in [6.45, 7) is 0.0568. The van der Waals surface area contributed by atoms with Crippen LogP contribution in [0.25, 0.3) is 0 Å². The molecule has 68 valence electrons. The molecule has 1 aromatic rings. The maximum absolute atomic E-state index is 11.0. The van der Waals surface area contributed by atoms with E-state index < -0.39 is 0 Å². The summed E-state index contributed by atoms with van der Waals surface area (Å²) in [6.07, 6.45) is 1.32. The lowest BCUT2D eigenvalue weighted by atomic mass is 10.0. The summed E-state index contributed by atoms with van der Waals surface area (Å²) < 4.78 is 0. The molecule has 2 rings (SSSR count). The van der Waals surface area contributed by atoms with Gasteiger partial charge in [-0.1, -0.05) is 12.1 Å². The zero-order chi connectivity index (χ0) is 9.26. The molecule has 0 aliphatic carbocycles. The summed E-state index contributed by atoms with van der Waals surface area (Å²) in [5.74, 6) is 0.0734. The zero-order valence-corrected chi connectivity index (χ0v) is 7.21. The van der Waals surface area contributed by atoms with Crippen molar-refractivity contribution in [2.45, 2.75) is 19.4 Å². The average Bonchev–Trinajstić information content (AvgIpc) is 2.17. The van der Waals surface area contributed by atoms with Crippen LogP contribution in [0.15, 0.2) is 18.2 Å². The molecule has 0 saturated carbocycles. The number of hydrogen-bond donors (Lipinski definition) is 2. The molecule has 0 spiro atoms. The number of benzene rings is 1. The Morgan fingerprint density at radius 2 is 2.23 bits per heavy atom. The molecule has 0 unspecified atom stereocenters. The first kappa shape index (κ1) is 8.26. The highest BCUT2D eigenvalue weighted by atomic mass is 16.3. The van der Waals surface area contributed by atoms with Crippen LogP contribution in [0.1, 0.15) is 17.5 Å². The summed E-state index contributed by atoms with van der Waals surface area (Å²) in [4.78, 5) is 11.0. The molecular weight excluding hydrogens is 166 g/mol. The highest BCUT2D eigenvalue weighted by Crippen LogP contribution is 2.23. The molecule has 0 aromatic heterocycles. The number of anilines is 1. The normalized spacial score (nSPS) is 15.0. The molecule has 1 aliphatic heterocycles. The Labute approximate surface area is 76.4 Å². The van der Waals surface area contributed by atoms with Crippen molar-refractivity contribution < 1.29 is 9.90 Å². The molecule has 0 atom stereocenters. The number of carbonyl (C=O) groups excluding carboxylic acids is 1. The molecule has 3 heteroatoms. The first-order valence-corrected chi connectivity index (χ1v) is 4.32. The molecule has 13 heavy (non-hydrogen) atoms.